The van der Waals surface area contributed by atoms with Crippen LogP contribution in [0.1, 0.15) is 52.4 Å². The largest absolute Gasteiger partial charge is 0.462 e. The van der Waals surface area contributed by atoms with E-state index in [2.05, 4.69) is 31.9 Å². The average Bonchev–Trinajstić information content (AvgIpc) is 3.18. The minimum absolute atomic E-state index is 0.257. The molecule has 7 heteroatoms. The standard InChI is InChI=1S/C29H23Br2NO4/c1-2-3-16-36-27(35)17-12-14-18(15-13-17)32-25(33)23-24(26(32)34)29(31)20-9-5-4-8-19(20)28(23,30)21-10-6-7-11-22(21)29/h4-15,23-24H,2-3,16H2,1H3/t23-,24-,28?,29?/m0/s1. The molecule has 0 unspecified atom stereocenters. The summed E-state index contributed by atoms with van der Waals surface area (Å²) < 4.78 is 3.63. The quantitative estimate of drug-likeness (QED) is 0.153. The Balaban J connectivity index is 1.43. The summed E-state index contributed by atoms with van der Waals surface area (Å²) in [6.45, 7) is 2.40. The van der Waals surface area contributed by atoms with Crippen molar-refractivity contribution in [2.24, 2.45) is 11.8 Å². The Bertz CT molecular complexity index is 1300. The fourth-order valence-corrected chi connectivity index (χ4v) is 8.36. The second-order valence-electron chi connectivity index (χ2n) is 9.52. The monoisotopic (exact) mass is 607 g/mol. The molecule has 1 fully saturated rings. The van der Waals surface area contributed by atoms with Crippen LogP contribution in [0, 0.1) is 11.8 Å². The summed E-state index contributed by atoms with van der Waals surface area (Å²) in [4.78, 5) is 41.7. The molecular weight excluding hydrogens is 586 g/mol. The van der Waals surface area contributed by atoms with Crippen LogP contribution in [-0.2, 0) is 23.0 Å². The number of alkyl halides is 2. The van der Waals surface area contributed by atoms with E-state index in [0.717, 1.165) is 35.1 Å². The van der Waals surface area contributed by atoms with E-state index >= 15 is 0 Å². The summed E-state index contributed by atoms with van der Waals surface area (Å²) in [6.07, 6.45) is 1.74. The molecule has 4 aliphatic rings. The van der Waals surface area contributed by atoms with Gasteiger partial charge in [0.15, 0.2) is 0 Å². The molecule has 0 N–H and O–H groups in total. The summed E-state index contributed by atoms with van der Waals surface area (Å²) >= 11 is 8.02. The number of esters is 1. The lowest BCUT2D eigenvalue weighted by atomic mass is 9.54. The van der Waals surface area contributed by atoms with Gasteiger partial charge in [0, 0.05) is 0 Å². The van der Waals surface area contributed by atoms with E-state index in [9.17, 15) is 14.4 Å². The van der Waals surface area contributed by atoms with Crippen molar-refractivity contribution in [1.82, 2.24) is 0 Å². The number of imide groups is 1. The molecule has 2 bridgehead atoms. The van der Waals surface area contributed by atoms with Gasteiger partial charge in [0.05, 0.1) is 38.3 Å². The SMILES string of the molecule is CCCCOC(=O)c1ccc(N2C(=O)[C@@H]3[C@@H](C2=O)C2(Br)c4ccccc4C3(Br)c3ccccc32)cc1. The van der Waals surface area contributed by atoms with E-state index in [0.29, 0.717) is 17.9 Å². The minimum atomic E-state index is -0.828. The second kappa shape index (κ2) is 8.38. The van der Waals surface area contributed by atoms with Gasteiger partial charge in [0.1, 0.15) is 0 Å². The van der Waals surface area contributed by atoms with Crippen molar-refractivity contribution in [2.75, 3.05) is 11.5 Å². The first-order valence-corrected chi connectivity index (χ1v) is 13.7. The van der Waals surface area contributed by atoms with Gasteiger partial charge in [-0.15, -0.1) is 0 Å². The highest BCUT2D eigenvalue weighted by Gasteiger charge is 2.72. The fourth-order valence-electron chi connectivity index (χ4n) is 6.06. The number of carbonyl (C=O) groups is 3. The van der Waals surface area contributed by atoms with Gasteiger partial charge < -0.3 is 4.74 Å². The zero-order chi connectivity index (χ0) is 25.2. The van der Waals surface area contributed by atoms with Crippen LogP contribution >= 0.6 is 31.9 Å². The summed E-state index contributed by atoms with van der Waals surface area (Å²) in [6, 6.07) is 22.5. The van der Waals surface area contributed by atoms with Crippen molar-refractivity contribution >= 4 is 55.3 Å². The maximum atomic E-state index is 14.1. The summed E-state index contributed by atoms with van der Waals surface area (Å²) in [7, 11) is 0. The molecule has 1 aliphatic heterocycles. The number of hydrogen-bond acceptors (Lipinski definition) is 4. The highest BCUT2D eigenvalue weighted by Crippen LogP contribution is 2.70. The number of nitrogens with zero attached hydrogens (tertiary/aromatic N) is 1. The Kier molecular flexibility index (Phi) is 5.50. The average molecular weight is 609 g/mol. The Morgan fingerprint density at radius 3 is 1.67 bits per heavy atom. The highest BCUT2D eigenvalue weighted by atomic mass is 79.9. The predicted octanol–water partition coefficient (Wildman–Crippen LogP) is 6.05. The molecule has 0 radical (unpaired) electrons. The molecule has 1 heterocycles. The van der Waals surface area contributed by atoms with Gasteiger partial charge >= 0.3 is 5.97 Å². The lowest BCUT2D eigenvalue weighted by Gasteiger charge is -2.55. The van der Waals surface area contributed by atoms with Crippen molar-refractivity contribution in [1.29, 1.82) is 0 Å². The molecule has 7 rings (SSSR count). The highest BCUT2D eigenvalue weighted by molar-refractivity contribution is 9.10. The van der Waals surface area contributed by atoms with Gasteiger partial charge in [-0.25, -0.2) is 9.69 Å². The number of halogens is 2. The first kappa shape index (κ1) is 23.6. The van der Waals surface area contributed by atoms with Gasteiger partial charge in [-0.05, 0) is 52.9 Å². The molecule has 2 atom stereocenters. The summed E-state index contributed by atoms with van der Waals surface area (Å²) in [5, 5.41) is 0. The van der Waals surface area contributed by atoms with Crippen molar-refractivity contribution in [3.63, 3.8) is 0 Å². The lowest BCUT2D eigenvalue weighted by Crippen LogP contribution is -2.56. The maximum Gasteiger partial charge on any atom is 0.338 e. The van der Waals surface area contributed by atoms with E-state index < -0.39 is 26.5 Å². The lowest BCUT2D eigenvalue weighted by molar-refractivity contribution is -0.122. The number of rotatable bonds is 5. The number of unbranched alkanes of at least 4 members (excludes halogenated alkanes) is 1. The molecule has 5 nitrogen and oxygen atoms in total. The van der Waals surface area contributed by atoms with Gasteiger partial charge in [0.25, 0.3) is 0 Å². The smallest absolute Gasteiger partial charge is 0.338 e. The first-order chi connectivity index (χ1) is 17.3. The molecule has 0 spiro atoms. The topological polar surface area (TPSA) is 63.7 Å². The van der Waals surface area contributed by atoms with Crippen molar-refractivity contribution in [3.05, 3.63) is 101 Å². The Morgan fingerprint density at radius 1 is 0.806 bits per heavy atom. The van der Waals surface area contributed by atoms with E-state index in [1.165, 1.54) is 4.90 Å². The van der Waals surface area contributed by atoms with Crippen LogP contribution in [-0.4, -0.2) is 24.4 Å². The van der Waals surface area contributed by atoms with E-state index in [-0.39, 0.29) is 11.8 Å². The van der Waals surface area contributed by atoms with Gasteiger partial charge in [-0.3, -0.25) is 9.59 Å². The van der Waals surface area contributed by atoms with Crippen LogP contribution in [0.3, 0.4) is 0 Å². The van der Waals surface area contributed by atoms with Crippen molar-refractivity contribution in [2.45, 2.75) is 28.4 Å². The van der Waals surface area contributed by atoms with Crippen LogP contribution in [0.15, 0.2) is 72.8 Å². The number of hydrogen-bond donors (Lipinski definition) is 0. The molecule has 0 aromatic heterocycles. The zero-order valence-electron chi connectivity index (χ0n) is 19.5. The molecule has 2 amide bonds. The molecule has 1 saturated heterocycles. The van der Waals surface area contributed by atoms with E-state index in [1.54, 1.807) is 24.3 Å². The number of benzene rings is 3. The Labute approximate surface area is 226 Å². The predicted molar refractivity (Wildman–Crippen MR) is 143 cm³/mol. The number of carbonyl (C=O) groups excluding carboxylic acids is 3. The van der Waals surface area contributed by atoms with E-state index in [1.807, 2.05) is 55.5 Å². The van der Waals surface area contributed by atoms with Gasteiger partial charge in [-0.2, -0.15) is 0 Å². The van der Waals surface area contributed by atoms with Gasteiger partial charge in [0.2, 0.25) is 11.8 Å². The Morgan fingerprint density at radius 2 is 1.25 bits per heavy atom. The molecule has 3 aliphatic carbocycles. The molecule has 36 heavy (non-hydrogen) atoms. The molecule has 3 aromatic carbocycles. The third kappa shape index (κ3) is 2.96. The van der Waals surface area contributed by atoms with Crippen LogP contribution in [0.4, 0.5) is 5.69 Å². The summed E-state index contributed by atoms with van der Waals surface area (Å²) in [5.74, 6) is -2.19. The zero-order valence-corrected chi connectivity index (χ0v) is 22.7. The normalized spacial score (nSPS) is 27.5. The van der Waals surface area contributed by atoms with Crippen molar-refractivity contribution < 1.29 is 19.1 Å². The molecule has 3 aromatic rings. The van der Waals surface area contributed by atoms with Crippen LogP contribution in [0.5, 0.6) is 0 Å². The number of ether oxygens (including phenoxy) is 1. The second-order valence-corrected chi connectivity index (χ2v) is 12.0. The first-order valence-electron chi connectivity index (χ1n) is 12.1. The van der Waals surface area contributed by atoms with Crippen molar-refractivity contribution in [3.8, 4) is 0 Å². The Hall–Kier alpha value is -2.77. The number of amides is 2. The van der Waals surface area contributed by atoms with Gasteiger partial charge in [-0.1, -0.05) is 93.7 Å². The third-order valence-electron chi connectivity index (χ3n) is 7.68. The molecular formula is C29H23Br2NO4. The van der Waals surface area contributed by atoms with Crippen LogP contribution in [0.25, 0.3) is 0 Å². The van der Waals surface area contributed by atoms with Crippen LogP contribution < -0.4 is 4.90 Å². The maximum absolute atomic E-state index is 14.1. The third-order valence-corrected chi connectivity index (χ3v) is 10.4. The fraction of sp³-hybridized carbons (Fsp3) is 0.276. The molecule has 182 valence electrons. The minimum Gasteiger partial charge on any atom is -0.462 e. The molecule has 0 saturated carbocycles. The van der Waals surface area contributed by atoms with Crippen LogP contribution in [0.2, 0.25) is 0 Å². The number of anilines is 1. The van der Waals surface area contributed by atoms with E-state index in [4.69, 9.17) is 4.74 Å². The summed E-state index contributed by atoms with van der Waals surface area (Å²) in [5.41, 5.74) is 4.82.